The van der Waals surface area contributed by atoms with E-state index >= 15 is 0 Å². The van der Waals surface area contributed by atoms with Crippen LogP contribution in [0.4, 0.5) is 0 Å². The van der Waals surface area contributed by atoms with E-state index in [1.54, 1.807) is 0 Å². The molecule has 0 amide bonds. The highest BCUT2D eigenvalue weighted by Crippen LogP contribution is 2.19. The highest BCUT2D eigenvalue weighted by molar-refractivity contribution is 5.69. The fraction of sp³-hybridized carbons (Fsp3) is 0.917. The topological polar surface area (TPSA) is 55.6 Å². The number of nitrogens with two attached hydrogens (primary N) is 1. The molecular weight excluding hydrogens is 204 g/mol. The third-order valence-electron chi connectivity index (χ3n) is 3.46. The maximum Gasteiger partial charge on any atom is 0.305 e. The Hall–Kier alpha value is -0.610. The zero-order valence-corrected chi connectivity index (χ0v) is 10.4. The van der Waals surface area contributed by atoms with Gasteiger partial charge in [-0.1, -0.05) is 0 Å². The molecule has 1 rings (SSSR count). The van der Waals surface area contributed by atoms with Crippen molar-refractivity contribution in [2.24, 2.45) is 11.7 Å². The van der Waals surface area contributed by atoms with Gasteiger partial charge in [-0.2, -0.15) is 0 Å². The van der Waals surface area contributed by atoms with Crippen LogP contribution < -0.4 is 5.73 Å². The largest absolute Gasteiger partial charge is 0.469 e. The van der Waals surface area contributed by atoms with E-state index in [1.165, 1.54) is 20.0 Å². The minimum atomic E-state index is -0.106. The fourth-order valence-electron chi connectivity index (χ4n) is 2.25. The summed E-state index contributed by atoms with van der Waals surface area (Å²) in [5.74, 6) is 0.572. The van der Waals surface area contributed by atoms with Gasteiger partial charge in [-0.05, 0) is 51.7 Å². The van der Waals surface area contributed by atoms with E-state index in [4.69, 9.17) is 5.73 Å². The van der Waals surface area contributed by atoms with Crippen molar-refractivity contribution >= 4 is 5.97 Å². The van der Waals surface area contributed by atoms with Crippen LogP contribution in [0.5, 0.6) is 0 Å². The van der Waals surface area contributed by atoms with Gasteiger partial charge in [0.15, 0.2) is 0 Å². The molecule has 0 saturated carbocycles. The van der Waals surface area contributed by atoms with Crippen LogP contribution in [0.2, 0.25) is 0 Å². The van der Waals surface area contributed by atoms with Gasteiger partial charge >= 0.3 is 5.97 Å². The Labute approximate surface area is 98.1 Å². The number of piperidine rings is 1. The molecule has 0 spiro atoms. The number of likely N-dealkylation sites (tertiary alicyclic amines) is 1. The molecule has 1 aliphatic heterocycles. The normalized spacial score (nSPS) is 20.7. The summed E-state index contributed by atoms with van der Waals surface area (Å²) in [4.78, 5) is 13.4. The van der Waals surface area contributed by atoms with Crippen molar-refractivity contribution in [2.45, 2.75) is 38.6 Å². The number of esters is 1. The van der Waals surface area contributed by atoms with Crippen LogP contribution in [-0.4, -0.2) is 43.7 Å². The molecule has 1 heterocycles. The van der Waals surface area contributed by atoms with Crippen molar-refractivity contribution < 1.29 is 9.53 Å². The van der Waals surface area contributed by atoms with E-state index in [-0.39, 0.29) is 5.97 Å². The van der Waals surface area contributed by atoms with Gasteiger partial charge in [0.1, 0.15) is 0 Å². The van der Waals surface area contributed by atoms with Crippen molar-refractivity contribution in [3.63, 3.8) is 0 Å². The number of methoxy groups -OCH3 is 1. The van der Waals surface area contributed by atoms with Gasteiger partial charge in [0, 0.05) is 12.5 Å². The van der Waals surface area contributed by atoms with E-state index in [0.29, 0.717) is 18.4 Å². The number of ether oxygens (including phenoxy) is 1. The summed E-state index contributed by atoms with van der Waals surface area (Å²) in [6, 6.07) is 0.317. The minimum Gasteiger partial charge on any atom is -0.469 e. The van der Waals surface area contributed by atoms with Crippen molar-refractivity contribution in [1.29, 1.82) is 0 Å². The Morgan fingerprint density at radius 3 is 2.62 bits per heavy atom. The smallest absolute Gasteiger partial charge is 0.305 e. The highest BCUT2D eigenvalue weighted by atomic mass is 16.5. The van der Waals surface area contributed by atoms with Crippen molar-refractivity contribution in [3.8, 4) is 0 Å². The van der Waals surface area contributed by atoms with Gasteiger partial charge < -0.3 is 15.4 Å². The number of nitrogens with zero attached hydrogens (tertiary/aromatic N) is 1. The van der Waals surface area contributed by atoms with Crippen LogP contribution in [-0.2, 0) is 9.53 Å². The third-order valence-corrected chi connectivity index (χ3v) is 3.46. The molecule has 1 atom stereocenters. The monoisotopic (exact) mass is 228 g/mol. The molecule has 0 aromatic carbocycles. The Balaban J connectivity index is 2.10. The van der Waals surface area contributed by atoms with Gasteiger partial charge in [0.25, 0.3) is 0 Å². The molecule has 2 N–H and O–H groups in total. The lowest BCUT2D eigenvalue weighted by molar-refractivity contribution is -0.140. The summed E-state index contributed by atoms with van der Waals surface area (Å²) >= 11 is 0. The molecule has 1 fully saturated rings. The molecule has 0 bridgehead atoms. The van der Waals surface area contributed by atoms with E-state index in [0.717, 1.165) is 26.1 Å². The first kappa shape index (κ1) is 13.5. The lowest BCUT2D eigenvalue weighted by Gasteiger charge is -2.33. The summed E-state index contributed by atoms with van der Waals surface area (Å²) in [6.07, 6.45) is 3.81. The second-order valence-electron chi connectivity index (χ2n) is 4.72. The molecule has 4 nitrogen and oxygen atoms in total. The van der Waals surface area contributed by atoms with Crippen LogP contribution in [0.1, 0.15) is 32.6 Å². The molecule has 94 valence electrons. The Kier molecular flexibility index (Phi) is 5.77. The quantitative estimate of drug-likeness (QED) is 0.713. The summed E-state index contributed by atoms with van der Waals surface area (Å²) in [6.45, 7) is 5.33. The van der Waals surface area contributed by atoms with Crippen LogP contribution >= 0.6 is 0 Å². The molecule has 1 unspecified atom stereocenters. The molecule has 16 heavy (non-hydrogen) atoms. The van der Waals surface area contributed by atoms with E-state index in [9.17, 15) is 4.79 Å². The first-order chi connectivity index (χ1) is 7.63. The maximum atomic E-state index is 10.9. The minimum absolute atomic E-state index is 0.106. The Bertz CT molecular complexity index is 211. The maximum absolute atomic E-state index is 10.9. The second kappa shape index (κ2) is 6.86. The second-order valence-corrected chi connectivity index (χ2v) is 4.72. The zero-order valence-electron chi connectivity index (χ0n) is 10.4. The standard InChI is InChI=1S/C12H24N2O2/c1-10(13)11-5-8-14(9-6-11)7-3-4-12(15)16-2/h10-11H,3-9,13H2,1-2H3. The molecule has 1 aliphatic rings. The number of hydrogen-bond acceptors (Lipinski definition) is 4. The number of rotatable bonds is 5. The van der Waals surface area contributed by atoms with E-state index in [2.05, 4.69) is 16.6 Å². The lowest BCUT2D eigenvalue weighted by Crippen LogP contribution is -2.40. The first-order valence-corrected chi connectivity index (χ1v) is 6.18. The average Bonchev–Trinajstić information content (AvgIpc) is 2.29. The van der Waals surface area contributed by atoms with Crippen LogP contribution in [0.15, 0.2) is 0 Å². The van der Waals surface area contributed by atoms with Crippen LogP contribution in [0, 0.1) is 5.92 Å². The van der Waals surface area contributed by atoms with Crippen LogP contribution in [0.25, 0.3) is 0 Å². The molecule has 4 heteroatoms. The van der Waals surface area contributed by atoms with Gasteiger partial charge in [-0.15, -0.1) is 0 Å². The molecule has 0 aliphatic carbocycles. The molecule has 0 aromatic heterocycles. The zero-order chi connectivity index (χ0) is 12.0. The summed E-state index contributed by atoms with van der Waals surface area (Å²) in [7, 11) is 1.44. The van der Waals surface area contributed by atoms with Crippen LogP contribution in [0.3, 0.4) is 0 Å². The van der Waals surface area contributed by atoms with E-state index in [1.807, 2.05) is 0 Å². The number of carbonyl (C=O) groups excluding carboxylic acids is 1. The molecule has 0 radical (unpaired) electrons. The highest BCUT2D eigenvalue weighted by Gasteiger charge is 2.21. The number of carbonyl (C=O) groups is 1. The SMILES string of the molecule is COC(=O)CCCN1CCC(C(C)N)CC1. The predicted octanol–water partition coefficient (Wildman–Crippen LogP) is 0.999. The van der Waals surface area contributed by atoms with Crippen molar-refractivity contribution in [2.75, 3.05) is 26.7 Å². The third kappa shape index (κ3) is 4.49. The summed E-state index contributed by atoms with van der Waals surface area (Å²) in [5, 5.41) is 0. The van der Waals surface area contributed by atoms with Gasteiger partial charge in [0.2, 0.25) is 0 Å². The summed E-state index contributed by atoms with van der Waals surface area (Å²) in [5.41, 5.74) is 5.89. The first-order valence-electron chi connectivity index (χ1n) is 6.18. The summed E-state index contributed by atoms with van der Waals surface area (Å²) < 4.78 is 4.61. The Morgan fingerprint density at radius 2 is 2.12 bits per heavy atom. The van der Waals surface area contributed by atoms with Crippen molar-refractivity contribution in [1.82, 2.24) is 4.90 Å². The average molecular weight is 228 g/mol. The van der Waals surface area contributed by atoms with E-state index < -0.39 is 0 Å². The van der Waals surface area contributed by atoms with Gasteiger partial charge in [0.05, 0.1) is 7.11 Å². The molecular formula is C12H24N2O2. The van der Waals surface area contributed by atoms with Gasteiger partial charge in [-0.25, -0.2) is 0 Å². The molecule has 1 saturated heterocycles. The lowest BCUT2D eigenvalue weighted by atomic mass is 9.91. The number of hydrogen-bond donors (Lipinski definition) is 1. The van der Waals surface area contributed by atoms with Crippen molar-refractivity contribution in [3.05, 3.63) is 0 Å². The fourth-order valence-corrected chi connectivity index (χ4v) is 2.25. The van der Waals surface area contributed by atoms with Gasteiger partial charge in [-0.3, -0.25) is 4.79 Å². The predicted molar refractivity (Wildman–Crippen MR) is 64.1 cm³/mol. The molecule has 0 aromatic rings. The Morgan fingerprint density at radius 1 is 1.50 bits per heavy atom.